The van der Waals surface area contributed by atoms with Gasteiger partial charge in [0.25, 0.3) is 5.56 Å². The Hall–Kier alpha value is -3.22. The molecule has 0 unspecified atom stereocenters. The molecular weight excluding hydrogens is 516 g/mol. The fourth-order valence-corrected chi connectivity index (χ4v) is 5.42. The van der Waals surface area contributed by atoms with Crippen LogP contribution in [-0.4, -0.2) is 38.2 Å². The molecule has 0 aliphatic carbocycles. The van der Waals surface area contributed by atoms with Gasteiger partial charge >= 0.3 is 5.97 Å². The molecule has 0 aliphatic heterocycles. The first-order valence-corrected chi connectivity index (χ1v) is 12.5. The number of esters is 1. The second-order valence-electron chi connectivity index (χ2n) is 7.13. The van der Waals surface area contributed by atoms with Crippen LogP contribution in [0.5, 0.6) is 0 Å². The zero-order valence-corrected chi connectivity index (χ0v) is 20.6. The summed E-state index contributed by atoms with van der Waals surface area (Å²) in [6.45, 7) is 1.79. The van der Waals surface area contributed by atoms with E-state index < -0.39 is 35.4 Å². The van der Waals surface area contributed by atoms with Gasteiger partial charge in [0.05, 0.1) is 23.7 Å². The molecule has 35 heavy (non-hydrogen) atoms. The molecule has 0 radical (unpaired) electrons. The van der Waals surface area contributed by atoms with Gasteiger partial charge in [-0.3, -0.25) is 23.5 Å². The number of hydrogen-bond donors (Lipinski definition) is 0. The van der Waals surface area contributed by atoms with Crippen molar-refractivity contribution in [3.8, 4) is 11.4 Å². The quantitative estimate of drug-likeness (QED) is 0.105. The largest absolute Gasteiger partial charge is 0.466 e. The first-order chi connectivity index (χ1) is 16.8. The van der Waals surface area contributed by atoms with Crippen molar-refractivity contribution in [2.45, 2.75) is 18.5 Å². The topological polar surface area (TPSA) is 83.2 Å². The lowest BCUT2D eigenvalue weighted by atomic mass is 10.3. The number of ether oxygens (including phenoxy) is 1. The summed E-state index contributed by atoms with van der Waals surface area (Å²) in [5.74, 6) is -2.29. The summed E-state index contributed by atoms with van der Waals surface area (Å²) < 4.78 is 35.9. The normalized spacial score (nSPS) is 11.1. The van der Waals surface area contributed by atoms with E-state index in [9.17, 15) is 23.2 Å². The van der Waals surface area contributed by atoms with Gasteiger partial charge in [0.2, 0.25) is 0 Å². The Labute approximate surface area is 211 Å². The SMILES string of the molecule is CCOC(=O)CC(=O)CSc1nc2c(sc(=S)n2-c2ccccc2F)c(=O)n1-c1ccc(F)cc1. The molecule has 0 fully saturated rings. The molecule has 0 N–H and O–H groups in total. The summed E-state index contributed by atoms with van der Waals surface area (Å²) in [7, 11) is 0. The van der Waals surface area contributed by atoms with E-state index in [0.29, 0.717) is 5.69 Å². The molecule has 4 aromatic rings. The molecule has 12 heteroatoms. The van der Waals surface area contributed by atoms with Crippen LogP contribution in [0.15, 0.2) is 58.5 Å². The van der Waals surface area contributed by atoms with Crippen LogP contribution >= 0.6 is 35.3 Å². The molecule has 0 amide bonds. The summed E-state index contributed by atoms with van der Waals surface area (Å²) in [5, 5.41) is 0.101. The maximum atomic E-state index is 14.6. The van der Waals surface area contributed by atoms with Gasteiger partial charge in [-0.05, 0) is 55.5 Å². The van der Waals surface area contributed by atoms with Crippen molar-refractivity contribution in [2.24, 2.45) is 0 Å². The highest BCUT2D eigenvalue weighted by atomic mass is 32.2. The standard InChI is InChI=1S/C23H17F2N3O4S3/c1-2-32-18(30)11-15(29)12-34-22-26-20-19(21(31)27(22)14-9-7-13(24)8-10-14)35-23(33)28(20)17-6-4-3-5-16(17)25/h3-10H,2,11-12H2,1H3. The second kappa shape index (κ2) is 10.6. The molecule has 0 spiro atoms. The number of rotatable bonds is 8. The average molecular weight is 534 g/mol. The highest BCUT2D eigenvalue weighted by Gasteiger charge is 2.21. The summed E-state index contributed by atoms with van der Waals surface area (Å²) in [6, 6.07) is 11.1. The predicted molar refractivity (Wildman–Crippen MR) is 132 cm³/mol. The maximum Gasteiger partial charge on any atom is 0.313 e. The molecule has 180 valence electrons. The number of halogens is 2. The van der Waals surface area contributed by atoms with Crippen molar-refractivity contribution < 1.29 is 23.1 Å². The number of aromatic nitrogens is 3. The Kier molecular flexibility index (Phi) is 7.53. The Morgan fingerprint density at radius 3 is 2.51 bits per heavy atom. The predicted octanol–water partition coefficient (Wildman–Crippen LogP) is 4.86. The van der Waals surface area contributed by atoms with Gasteiger partial charge in [-0.15, -0.1) is 0 Å². The lowest BCUT2D eigenvalue weighted by Gasteiger charge is -2.13. The van der Waals surface area contributed by atoms with Crippen molar-refractivity contribution in [1.82, 2.24) is 14.1 Å². The molecule has 2 aromatic heterocycles. The van der Waals surface area contributed by atoms with E-state index in [0.717, 1.165) is 23.1 Å². The van der Waals surface area contributed by atoms with Crippen LogP contribution in [0, 0.1) is 15.6 Å². The number of hydrogen-bond acceptors (Lipinski definition) is 8. The first kappa shape index (κ1) is 24.9. The Morgan fingerprint density at radius 2 is 1.83 bits per heavy atom. The number of benzene rings is 2. The Morgan fingerprint density at radius 1 is 1.11 bits per heavy atom. The third kappa shape index (κ3) is 5.24. The van der Waals surface area contributed by atoms with E-state index in [1.54, 1.807) is 13.0 Å². The summed E-state index contributed by atoms with van der Waals surface area (Å²) in [5.41, 5.74) is 0.0781. The van der Waals surface area contributed by atoms with Gasteiger partial charge in [-0.1, -0.05) is 35.2 Å². The molecule has 0 saturated carbocycles. The zero-order chi connectivity index (χ0) is 25.1. The number of thiazole rings is 1. The summed E-state index contributed by atoms with van der Waals surface area (Å²) in [4.78, 5) is 42.1. The molecule has 0 aliphatic rings. The number of carbonyl (C=O) groups excluding carboxylic acids is 2. The fourth-order valence-electron chi connectivity index (χ4n) is 3.26. The minimum Gasteiger partial charge on any atom is -0.466 e. The van der Waals surface area contributed by atoms with Crippen molar-refractivity contribution in [2.75, 3.05) is 12.4 Å². The Bertz CT molecular complexity index is 1540. The lowest BCUT2D eigenvalue weighted by molar-refractivity contribution is -0.145. The van der Waals surface area contributed by atoms with Crippen LogP contribution < -0.4 is 5.56 Å². The van der Waals surface area contributed by atoms with E-state index in [4.69, 9.17) is 17.0 Å². The van der Waals surface area contributed by atoms with Gasteiger partial charge < -0.3 is 4.74 Å². The number of para-hydroxylation sites is 1. The van der Waals surface area contributed by atoms with Gasteiger partial charge in [0, 0.05) is 0 Å². The van der Waals surface area contributed by atoms with Gasteiger partial charge in [-0.25, -0.2) is 13.8 Å². The number of ketones is 1. The fraction of sp³-hybridized carbons (Fsp3) is 0.174. The number of nitrogens with zero attached hydrogens (tertiary/aromatic N) is 3. The number of fused-ring (bicyclic) bond motifs is 1. The molecule has 4 rings (SSSR count). The monoisotopic (exact) mass is 533 g/mol. The van der Waals surface area contributed by atoms with Crippen LogP contribution in [0.1, 0.15) is 13.3 Å². The van der Waals surface area contributed by atoms with E-state index in [1.165, 1.54) is 51.6 Å². The van der Waals surface area contributed by atoms with Crippen molar-refractivity contribution in [3.63, 3.8) is 0 Å². The zero-order valence-electron chi connectivity index (χ0n) is 18.2. The minimum absolute atomic E-state index is 0.101. The minimum atomic E-state index is -0.650. The van der Waals surface area contributed by atoms with Crippen LogP contribution in [0.25, 0.3) is 21.7 Å². The summed E-state index contributed by atoms with van der Waals surface area (Å²) >= 11 is 7.31. The van der Waals surface area contributed by atoms with Gasteiger partial charge in [-0.2, -0.15) is 0 Å². The molecule has 7 nitrogen and oxygen atoms in total. The van der Waals surface area contributed by atoms with Gasteiger partial charge in [0.15, 0.2) is 20.5 Å². The van der Waals surface area contributed by atoms with E-state index in [2.05, 4.69) is 4.98 Å². The second-order valence-corrected chi connectivity index (χ2v) is 9.71. The number of thioether (sulfide) groups is 1. The summed E-state index contributed by atoms with van der Waals surface area (Å²) in [6.07, 6.45) is -0.423. The highest BCUT2D eigenvalue weighted by molar-refractivity contribution is 7.99. The van der Waals surface area contributed by atoms with Crippen molar-refractivity contribution in [1.29, 1.82) is 0 Å². The molecular formula is C23H17F2N3O4S3. The van der Waals surface area contributed by atoms with Crippen LogP contribution in [0.3, 0.4) is 0 Å². The smallest absolute Gasteiger partial charge is 0.313 e. The Balaban J connectivity index is 1.86. The molecule has 2 heterocycles. The number of Topliss-reactive ketones (excluding diaryl/α,β-unsaturated/α-hetero) is 1. The van der Waals surface area contributed by atoms with E-state index in [1.807, 2.05) is 0 Å². The van der Waals surface area contributed by atoms with Gasteiger partial charge in [0.1, 0.15) is 22.8 Å². The molecule has 0 atom stereocenters. The third-order valence-electron chi connectivity index (χ3n) is 4.76. The van der Waals surface area contributed by atoms with Crippen molar-refractivity contribution >= 4 is 57.4 Å². The highest BCUT2D eigenvalue weighted by Crippen LogP contribution is 2.28. The molecule has 2 aromatic carbocycles. The molecule has 0 bridgehead atoms. The first-order valence-electron chi connectivity index (χ1n) is 10.3. The molecule has 0 saturated heterocycles. The van der Waals surface area contributed by atoms with E-state index >= 15 is 0 Å². The third-order valence-corrected chi connectivity index (χ3v) is 7.11. The van der Waals surface area contributed by atoms with Crippen LogP contribution in [0.4, 0.5) is 8.78 Å². The number of carbonyl (C=O) groups is 2. The maximum absolute atomic E-state index is 14.6. The van der Waals surface area contributed by atoms with Crippen LogP contribution in [-0.2, 0) is 14.3 Å². The van der Waals surface area contributed by atoms with Crippen LogP contribution in [0.2, 0.25) is 0 Å². The van der Waals surface area contributed by atoms with E-state index in [-0.39, 0.29) is 37.5 Å². The average Bonchev–Trinajstić information content (AvgIpc) is 3.15. The van der Waals surface area contributed by atoms with Crippen molar-refractivity contribution in [3.05, 3.63) is 74.5 Å². The lowest BCUT2D eigenvalue weighted by Crippen LogP contribution is -2.22.